The van der Waals surface area contributed by atoms with Crippen LogP contribution in [0, 0.1) is 29.1 Å². The van der Waals surface area contributed by atoms with Crippen molar-refractivity contribution in [1.82, 2.24) is 0 Å². The maximum absolute atomic E-state index is 13.7. The molecule has 2 aromatic rings. The molecule has 0 aliphatic heterocycles. The lowest BCUT2D eigenvalue weighted by Gasteiger charge is -2.16. The van der Waals surface area contributed by atoms with Crippen LogP contribution < -0.4 is 0 Å². The molecule has 0 aromatic heterocycles. The van der Waals surface area contributed by atoms with Gasteiger partial charge in [-0.1, -0.05) is 6.07 Å². The molecule has 0 amide bonds. The highest BCUT2D eigenvalue weighted by atomic mass is 19.4. The lowest BCUT2D eigenvalue weighted by Crippen LogP contribution is -2.11. The zero-order valence-electron chi connectivity index (χ0n) is 11.1. The number of hydrogen-bond acceptors (Lipinski definition) is 0. The third kappa shape index (κ3) is 2.92. The molecule has 0 saturated heterocycles. The van der Waals surface area contributed by atoms with Crippen LogP contribution in [0.2, 0.25) is 0 Å². The van der Waals surface area contributed by atoms with Crippen molar-refractivity contribution in [3.8, 4) is 11.1 Å². The molecule has 130 valence electrons. The summed E-state index contributed by atoms with van der Waals surface area (Å²) in [6.45, 7) is 0. The van der Waals surface area contributed by atoms with Gasteiger partial charge in [0.05, 0.1) is 11.1 Å². The standard InChI is InChI=1S/C14H4F10/c15-8-7(9(16)11(18)12(19)10(8)17)5-3-4(13(20)21)1-2-6(5)14(22,23)24/h1-3,13H. The number of rotatable bonds is 2. The van der Waals surface area contributed by atoms with Crippen LogP contribution in [0.15, 0.2) is 18.2 Å². The summed E-state index contributed by atoms with van der Waals surface area (Å²) < 4.78 is 131. The van der Waals surface area contributed by atoms with E-state index in [4.69, 9.17) is 0 Å². The van der Waals surface area contributed by atoms with Crippen LogP contribution in [0.1, 0.15) is 17.6 Å². The van der Waals surface area contributed by atoms with Crippen LogP contribution in [0.5, 0.6) is 0 Å². The summed E-state index contributed by atoms with van der Waals surface area (Å²) in [6, 6.07) is 0.448. The van der Waals surface area contributed by atoms with E-state index in [0.29, 0.717) is 6.07 Å². The monoisotopic (exact) mass is 362 g/mol. The predicted octanol–water partition coefficient (Wildman–Crippen LogP) is 6.01. The fraction of sp³-hybridized carbons (Fsp3) is 0.143. The van der Waals surface area contributed by atoms with Crippen LogP contribution in [0.3, 0.4) is 0 Å². The molecule has 0 nitrogen and oxygen atoms in total. The van der Waals surface area contributed by atoms with Crippen molar-refractivity contribution in [3.63, 3.8) is 0 Å². The fourth-order valence-corrected chi connectivity index (χ4v) is 1.99. The van der Waals surface area contributed by atoms with Gasteiger partial charge in [-0.2, -0.15) is 13.2 Å². The maximum Gasteiger partial charge on any atom is 0.417 e. The molecule has 0 atom stereocenters. The SMILES string of the molecule is Fc1c(F)c(F)c(-c2cc(C(F)F)ccc2C(F)(F)F)c(F)c1F. The highest BCUT2D eigenvalue weighted by Crippen LogP contribution is 2.42. The molecule has 0 saturated carbocycles. The van der Waals surface area contributed by atoms with Crippen LogP contribution in [0.25, 0.3) is 11.1 Å². The van der Waals surface area contributed by atoms with Gasteiger partial charge in [0.1, 0.15) is 0 Å². The van der Waals surface area contributed by atoms with E-state index in [9.17, 15) is 43.9 Å². The second kappa shape index (κ2) is 5.99. The van der Waals surface area contributed by atoms with Crippen LogP contribution in [0.4, 0.5) is 43.9 Å². The van der Waals surface area contributed by atoms with Gasteiger partial charge in [-0.3, -0.25) is 0 Å². The van der Waals surface area contributed by atoms with E-state index in [1.54, 1.807) is 0 Å². The summed E-state index contributed by atoms with van der Waals surface area (Å²) in [5, 5.41) is 0. The Balaban J connectivity index is 2.93. The van der Waals surface area contributed by atoms with E-state index < -0.39 is 63.9 Å². The molecule has 0 radical (unpaired) electrons. The molecule has 2 rings (SSSR count). The normalized spacial score (nSPS) is 12.1. The highest BCUT2D eigenvalue weighted by molar-refractivity contribution is 5.70. The van der Waals surface area contributed by atoms with Crippen molar-refractivity contribution in [3.05, 3.63) is 58.4 Å². The van der Waals surface area contributed by atoms with Crippen LogP contribution in [-0.4, -0.2) is 0 Å². The van der Waals surface area contributed by atoms with Crippen molar-refractivity contribution in [2.75, 3.05) is 0 Å². The Morgan fingerprint density at radius 2 is 1.17 bits per heavy atom. The lowest BCUT2D eigenvalue weighted by atomic mass is 9.95. The molecule has 0 unspecified atom stereocenters. The second-order valence-electron chi connectivity index (χ2n) is 4.55. The zero-order chi connectivity index (χ0) is 18.4. The molecular formula is C14H4F10. The summed E-state index contributed by atoms with van der Waals surface area (Å²) in [6.07, 6.45) is -8.61. The summed E-state index contributed by atoms with van der Waals surface area (Å²) in [4.78, 5) is 0. The molecule has 0 fully saturated rings. The Hall–Kier alpha value is -2.26. The van der Waals surface area contributed by atoms with Crippen LogP contribution in [-0.2, 0) is 6.18 Å². The van der Waals surface area contributed by atoms with Gasteiger partial charge in [-0.25, -0.2) is 30.7 Å². The number of hydrogen-bond donors (Lipinski definition) is 0. The Bertz CT molecular complexity index is 762. The molecule has 0 aliphatic rings. The summed E-state index contributed by atoms with van der Waals surface area (Å²) >= 11 is 0. The van der Waals surface area contributed by atoms with E-state index in [2.05, 4.69) is 0 Å². The summed E-state index contributed by atoms with van der Waals surface area (Å²) in [5.41, 5.74) is -6.41. The molecule has 0 heterocycles. The number of benzene rings is 2. The minimum atomic E-state index is -5.28. The minimum absolute atomic E-state index is 0.0335. The van der Waals surface area contributed by atoms with E-state index in [0.717, 1.165) is 0 Å². The first-order valence-electron chi connectivity index (χ1n) is 5.98. The Labute approximate surface area is 127 Å². The lowest BCUT2D eigenvalue weighted by molar-refractivity contribution is -0.137. The largest absolute Gasteiger partial charge is 0.417 e. The molecule has 0 N–H and O–H groups in total. The molecule has 24 heavy (non-hydrogen) atoms. The van der Waals surface area contributed by atoms with Gasteiger partial charge in [0.15, 0.2) is 23.3 Å². The third-order valence-electron chi connectivity index (χ3n) is 3.08. The van der Waals surface area contributed by atoms with E-state index >= 15 is 0 Å². The first kappa shape index (κ1) is 18.1. The highest BCUT2D eigenvalue weighted by Gasteiger charge is 2.37. The van der Waals surface area contributed by atoms with Crippen molar-refractivity contribution < 1.29 is 43.9 Å². The average molecular weight is 362 g/mol. The third-order valence-corrected chi connectivity index (χ3v) is 3.08. The molecule has 0 bridgehead atoms. The first-order valence-corrected chi connectivity index (χ1v) is 5.98. The second-order valence-corrected chi connectivity index (χ2v) is 4.55. The minimum Gasteiger partial charge on any atom is -0.205 e. The Morgan fingerprint density at radius 1 is 0.708 bits per heavy atom. The first-order chi connectivity index (χ1) is 11.0. The van der Waals surface area contributed by atoms with Crippen LogP contribution >= 0.6 is 0 Å². The number of halogens is 10. The van der Waals surface area contributed by atoms with Gasteiger partial charge in [0.25, 0.3) is 6.43 Å². The number of alkyl halides is 5. The average Bonchev–Trinajstić information content (AvgIpc) is 2.50. The van der Waals surface area contributed by atoms with Gasteiger partial charge in [0.2, 0.25) is 5.82 Å². The topological polar surface area (TPSA) is 0 Å². The zero-order valence-corrected chi connectivity index (χ0v) is 11.1. The van der Waals surface area contributed by atoms with Gasteiger partial charge in [-0.05, 0) is 12.1 Å². The van der Waals surface area contributed by atoms with Crippen molar-refractivity contribution >= 4 is 0 Å². The van der Waals surface area contributed by atoms with Crippen molar-refractivity contribution in [1.29, 1.82) is 0 Å². The predicted molar refractivity (Wildman–Crippen MR) is 61.6 cm³/mol. The molecule has 0 spiro atoms. The summed E-state index contributed by atoms with van der Waals surface area (Å²) in [7, 11) is 0. The molecular weight excluding hydrogens is 358 g/mol. The molecule has 2 aromatic carbocycles. The van der Waals surface area contributed by atoms with Gasteiger partial charge in [0, 0.05) is 11.1 Å². The fourth-order valence-electron chi connectivity index (χ4n) is 1.99. The van der Waals surface area contributed by atoms with E-state index in [1.807, 2.05) is 0 Å². The quantitative estimate of drug-likeness (QED) is 0.349. The van der Waals surface area contributed by atoms with Crippen molar-refractivity contribution in [2.24, 2.45) is 0 Å². The molecule has 0 aliphatic carbocycles. The van der Waals surface area contributed by atoms with Crippen molar-refractivity contribution in [2.45, 2.75) is 12.6 Å². The van der Waals surface area contributed by atoms with Gasteiger partial charge in [-0.15, -0.1) is 0 Å². The Kier molecular flexibility index (Phi) is 4.51. The van der Waals surface area contributed by atoms with E-state index in [1.165, 1.54) is 0 Å². The molecule has 10 heteroatoms. The Morgan fingerprint density at radius 3 is 1.58 bits per heavy atom. The van der Waals surface area contributed by atoms with Gasteiger partial charge < -0.3 is 0 Å². The maximum atomic E-state index is 13.7. The smallest absolute Gasteiger partial charge is 0.205 e. The summed E-state index contributed by atoms with van der Waals surface area (Å²) in [5.74, 6) is -12.7. The van der Waals surface area contributed by atoms with Gasteiger partial charge >= 0.3 is 6.18 Å². The van der Waals surface area contributed by atoms with E-state index in [-0.39, 0.29) is 12.1 Å².